The van der Waals surface area contributed by atoms with Gasteiger partial charge in [-0.2, -0.15) is 0 Å². The molecule has 0 bridgehead atoms. The van der Waals surface area contributed by atoms with Crippen LogP contribution in [0.1, 0.15) is 25.8 Å². The second-order valence-electron chi connectivity index (χ2n) is 5.36. The average Bonchev–Trinajstić information content (AvgIpc) is 2.43. The molecule has 4 heteroatoms. The van der Waals surface area contributed by atoms with Crippen molar-refractivity contribution < 1.29 is 4.74 Å². The first-order chi connectivity index (χ1) is 9.22. The zero-order valence-electron chi connectivity index (χ0n) is 12.2. The number of ether oxygens (including phenoxy) is 1. The smallest absolute Gasteiger partial charge is 0.125 e. The van der Waals surface area contributed by atoms with E-state index in [-0.39, 0.29) is 0 Å². The van der Waals surface area contributed by atoms with Gasteiger partial charge in [0.15, 0.2) is 0 Å². The lowest BCUT2D eigenvalue weighted by Gasteiger charge is -2.36. The van der Waals surface area contributed by atoms with E-state index in [1.807, 2.05) is 13.3 Å². The van der Waals surface area contributed by atoms with Crippen LogP contribution in [0, 0.1) is 5.92 Å². The summed E-state index contributed by atoms with van der Waals surface area (Å²) in [7, 11) is 1.82. The van der Waals surface area contributed by atoms with Crippen molar-refractivity contribution in [1.82, 2.24) is 9.88 Å². The Bertz CT molecular complexity index is 379. The van der Waals surface area contributed by atoms with Crippen molar-refractivity contribution in [3.63, 3.8) is 0 Å². The van der Waals surface area contributed by atoms with E-state index in [1.54, 1.807) is 0 Å². The van der Waals surface area contributed by atoms with Gasteiger partial charge in [-0.25, -0.2) is 4.98 Å². The van der Waals surface area contributed by atoms with Gasteiger partial charge >= 0.3 is 0 Å². The lowest BCUT2D eigenvalue weighted by Crippen LogP contribution is -2.43. The standard InChI is InChI=1S/C15H25N3O/c1-4-16-15-6-5-13(9-17-15)10-18-8-7-12(2)14(11-18)19-3/h5-6,9,12,14H,4,7-8,10-11H2,1-3H3,(H,16,17). The molecule has 19 heavy (non-hydrogen) atoms. The van der Waals surface area contributed by atoms with E-state index in [4.69, 9.17) is 4.74 Å². The number of rotatable bonds is 5. The Labute approximate surface area is 116 Å². The van der Waals surface area contributed by atoms with Crippen LogP contribution in [0.3, 0.4) is 0 Å². The van der Waals surface area contributed by atoms with Crippen molar-refractivity contribution >= 4 is 5.82 Å². The van der Waals surface area contributed by atoms with E-state index >= 15 is 0 Å². The number of nitrogens with one attached hydrogen (secondary N) is 1. The van der Waals surface area contributed by atoms with Crippen LogP contribution in [-0.4, -0.2) is 42.7 Å². The molecule has 1 saturated heterocycles. The van der Waals surface area contributed by atoms with Crippen LogP contribution in [0.25, 0.3) is 0 Å². The van der Waals surface area contributed by atoms with Crippen LogP contribution in [0.15, 0.2) is 18.3 Å². The van der Waals surface area contributed by atoms with Gasteiger partial charge in [0, 0.05) is 32.9 Å². The van der Waals surface area contributed by atoms with E-state index in [2.05, 4.69) is 41.2 Å². The molecule has 1 fully saturated rings. The van der Waals surface area contributed by atoms with E-state index in [9.17, 15) is 0 Å². The summed E-state index contributed by atoms with van der Waals surface area (Å²) >= 11 is 0. The lowest BCUT2D eigenvalue weighted by atomic mass is 9.95. The topological polar surface area (TPSA) is 37.4 Å². The quantitative estimate of drug-likeness (QED) is 0.885. The highest BCUT2D eigenvalue weighted by molar-refractivity contribution is 5.35. The van der Waals surface area contributed by atoms with E-state index in [1.165, 1.54) is 12.0 Å². The Hall–Kier alpha value is -1.13. The molecule has 1 aromatic heterocycles. The van der Waals surface area contributed by atoms with Crippen molar-refractivity contribution in [3.05, 3.63) is 23.9 Å². The van der Waals surface area contributed by atoms with E-state index < -0.39 is 0 Å². The fourth-order valence-electron chi connectivity index (χ4n) is 2.61. The minimum atomic E-state index is 0.364. The van der Waals surface area contributed by atoms with E-state index in [0.717, 1.165) is 32.0 Å². The third-order valence-corrected chi connectivity index (χ3v) is 3.87. The normalized spacial score (nSPS) is 24.4. The maximum absolute atomic E-state index is 5.56. The first-order valence-corrected chi connectivity index (χ1v) is 7.17. The maximum Gasteiger partial charge on any atom is 0.125 e. The monoisotopic (exact) mass is 263 g/mol. The number of aromatic nitrogens is 1. The van der Waals surface area contributed by atoms with Gasteiger partial charge in [-0.15, -0.1) is 0 Å². The summed E-state index contributed by atoms with van der Waals surface area (Å²) in [6.45, 7) is 8.40. The second-order valence-corrected chi connectivity index (χ2v) is 5.36. The molecule has 2 atom stereocenters. The Morgan fingerprint density at radius 1 is 1.47 bits per heavy atom. The van der Waals surface area contributed by atoms with Crippen molar-refractivity contribution in [3.8, 4) is 0 Å². The number of methoxy groups -OCH3 is 1. The molecule has 0 aromatic carbocycles. The van der Waals surface area contributed by atoms with Crippen LogP contribution in [-0.2, 0) is 11.3 Å². The van der Waals surface area contributed by atoms with Crippen molar-refractivity contribution in [2.45, 2.75) is 32.9 Å². The van der Waals surface area contributed by atoms with Crippen LogP contribution < -0.4 is 5.32 Å². The number of likely N-dealkylation sites (tertiary alicyclic amines) is 1. The Morgan fingerprint density at radius 3 is 2.95 bits per heavy atom. The molecule has 0 radical (unpaired) electrons. The molecule has 2 unspecified atom stereocenters. The summed E-state index contributed by atoms with van der Waals surface area (Å²) in [5.74, 6) is 1.61. The van der Waals surface area contributed by atoms with Crippen molar-refractivity contribution in [1.29, 1.82) is 0 Å². The van der Waals surface area contributed by atoms with Crippen LogP contribution >= 0.6 is 0 Å². The molecule has 0 saturated carbocycles. The van der Waals surface area contributed by atoms with Gasteiger partial charge < -0.3 is 10.1 Å². The third kappa shape index (κ3) is 3.91. The molecule has 0 aliphatic carbocycles. The molecule has 4 nitrogen and oxygen atoms in total. The fourth-order valence-corrected chi connectivity index (χ4v) is 2.61. The summed E-state index contributed by atoms with van der Waals surface area (Å²) in [5, 5.41) is 3.22. The molecular formula is C15H25N3O. The highest BCUT2D eigenvalue weighted by Gasteiger charge is 2.25. The molecule has 106 valence electrons. The number of hydrogen-bond donors (Lipinski definition) is 1. The number of hydrogen-bond acceptors (Lipinski definition) is 4. The number of pyridine rings is 1. The molecule has 2 rings (SSSR count). The first kappa shape index (κ1) is 14.3. The predicted octanol–water partition coefficient (Wildman–Crippen LogP) is 2.37. The number of nitrogens with zero attached hydrogens (tertiary/aromatic N) is 2. The average molecular weight is 263 g/mol. The molecule has 1 aliphatic heterocycles. The van der Waals surface area contributed by atoms with Gasteiger partial charge in [-0.1, -0.05) is 13.0 Å². The Kier molecular flexibility index (Phi) is 5.16. The van der Waals surface area contributed by atoms with E-state index in [0.29, 0.717) is 12.0 Å². The molecule has 1 aromatic rings. The Morgan fingerprint density at radius 2 is 2.32 bits per heavy atom. The van der Waals surface area contributed by atoms with Crippen molar-refractivity contribution in [2.24, 2.45) is 5.92 Å². The summed E-state index contributed by atoms with van der Waals surface area (Å²) in [6.07, 6.45) is 3.54. The zero-order valence-corrected chi connectivity index (χ0v) is 12.2. The highest BCUT2D eigenvalue weighted by atomic mass is 16.5. The summed E-state index contributed by atoms with van der Waals surface area (Å²) < 4.78 is 5.56. The Balaban J connectivity index is 1.90. The summed E-state index contributed by atoms with van der Waals surface area (Å²) in [6, 6.07) is 4.21. The summed E-state index contributed by atoms with van der Waals surface area (Å²) in [5.41, 5.74) is 1.27. The predicted molar refractivity (Wildman–Crippen MR) is 78.3 cm³/mol. The molecule has 2 heterocycles. The van der Waals surface area contributed by atoms with Gasteiger partial charge in [-0.3, -0.25) is 4.90 Å². The third-order valence-electron chi connectivity index (χ3n) is 3.87. The van der Waals surface area contributed by atoms with Crippen molar-refractivity contribution in [2.75, 3.05) is 32.1 Å². The van der Waals surface area contributed by atoms with Gasteiger partial charge in [0.1, 0.15) is 5.82 Å². The maximum atomic E-state index is 5.56. The summed E-state index contributed by atoms with van der Waals surface area (Å²) in [4.78, 5) is 6.88. The molecule has 0 amide bonds. The second kappa shape index (κ2) is 6.87. The van der Waals surface area contributed by atoms with Gasteiger partial charge in [0.25, 0.3) is 0 Å². The fraction of sp³-hybridized carbons (Fsp3) is 0.667. The number of anilines is 1. The first-order valence-electron chi connectivity index (χ1n) is 7.17. The molecule has 1 N–H and O–H groups in total. The largest absolute Gasteiger partial charge is 0.380 e. The van der Waals surface area contributed by atoms with Gasteiger partial charge in [0.05, 0.1) is 6.10 Å². The zero-order chi connectivity index (χ0) is 13.7. The van der Waals surface area contributed by atoms with Gasteiger partial charge in [-0.05, 0) is 37.4 Å². The number of piperidine rings is 1. The minimum Gasteiger partial charge on any atom is -0.380 e. The van der Waals surface area contributed by atoms with Crippen LogP contribution in [0.5, 0.6) is 0 Å². The molecular weight excluding hydrogens is 238 g/mol. The lowest BCUT2D eigenvalue weighted by molar-refractivity contribution is -0.00747. The van der Waals surface area contributed by atoms with Crippen LogP contribution in [0.4, 0.5) is 5.82 Å². The SMILES string of the molecule is CCNc1ccc(CN2CCC(C)C(OC)C2)cn1. The molecule has 0 spiro atoms. The minimum absolute atomic E-state index is 0.364. The van der Waals surface area contributed by atoms with Crippen LogP contribution in [0.2, 0.25) is 0 Å². The molecule has 1 aliphatic rings. The van der Waals surface area contributed by atoms with Gasteiger partial charge in [0.2, 0.25) is 0 Å². The highest BCUT2D eigenvalue weighted by Crippen LogP contribution is 2.21.